The van der Waals surface area contributed by atoms with Gasteiger partial charge in [-0.05, 0) is 31.5 Å². The summed E-state index contributed by atoms with van der Waals surface area (Å²) in [5.41, 5.74) is 1.21. The first-order chi connectivity index (χ1) is 6.50. The van der Waals surface area contributed by atoms with Gasteiger partial charge < -0.3 is 5.32 Å². The van der Waals surface area contributed by atoms with Gasteiger partial charge in [0.2, 0.25) is 0 Å². The largest absolute Gasteiger partial charge is 0.310 e. The van der Waals surface area contributed by atoms with Crippen LogP contribution in [0.4, 0.5) is 4.39 Å². The van der Waals surface area contributed by atoms with E-state index in [1.54, 1.807) is 6.07 Å². The van der Waals surface area contributed by atoms with Gasteiger partial charge in [0.05, 0.1) is 5.02 Å². The van der Waals surface area contributed by atoms with E-state index in [4.69, 9.17) is 11.6 Å². The van der Waals surface area contributed by atoms with Crippen molar-refractivity contribution in [3.8, 4) is 0 Å². The lowest BCUT2D eigenvalue weighted by Gasteiger charge is -2.46. The minimum absolute atomic E-state index is 0.0984. The molecule has 0 aromatic heterocycles. The van der Waals surface area contributed by atoms with Crippen molar-refractivity contribution in [1.82, 2.24) is 5.32 Å². The van der Waals surface area contributed by atoms with E-state index in [0.29, 0.717) is 5.92 Å². The Bertz CT molecular complexity index is 362. The number of benzene rings is 1. The Morgan fingerprint density at radius 3 is 2.64 bits per heavy atom. The first-order valence-corrected chi connectivity index (χ1v) is 5.08. The fraction of sp³-hybridized carbons (Fsp3) is 0.455. The normalized spacial score (nSPS) is 24.4. The highest BCUT2D eigenvalue weighted by Gasteiger charge is 2.38. The van der Waals surface area contributed by atoms with Crippen LogP contribution in [0.3, 0.4) is 0 Å². The van der Waals surface area contributed by atoms with E-state index in [-0.39, 0.29) is 16.4 Å². The molecule has 1 aliphatic rings. The second-order valence-electron chi connectivity index (χ2n) is 4.33. The second kappa shape index (κ2) is 3.21. The summed E-state index contributed by atoms with van der Waals surface area (Å²) >= 11 is 5.74. The lowest BCUT2D eigenvalue weighted by atomic mass is 9.75. The second-order valence-corrected chi connectivity index (χ2v) is 4.74. The quantitative estimate of drug-likeness (QED) is 0.757. The smallest absolute Gasteiger partial charge is 0.141 e. The van der Waals surface area contributed by atoms with Crippen molar-refractivity contribution in [2.45, 2.75) is 25.3 Å². The molecule has 0 saturated carbocycles. The first-order valence-electron chi connectivity index (χ1n) is 4.71. The molecular weight excluding hydrogens is 201 g/mol. The van der Waals surface area contributed by atoms with Gasteiger partial charge in [0, 0.05) is 18.0 Å². The van der Waals surface area contributed by atoms with Gasteiger partial charge in [-0.1, -0.05) is 17.7 Å². The zero-order chi connectivity index (χ0) is 10.3. The van der Waals surface area contributed by atoms with Crippen LogP contribution in [0.25, 0.3) is 0 Å². The first kappa shape index (κ1) is 9.94. The van der Waals surface area contributed by atoms with E-state index in [9.17, 15) is 4.39 Å². The highest BCUT2D eigenvalue weighted by Crippen LogP contribution is 2.35. The topological polar surface area (TPSA) is 12.0 Å². The van der Waals surface area contributed by atoms with Crippen molar-refractivity contribution in [2.75, 3.05) is 6.54 Å². The molecule has 1 aromatic rings. The van der Waals surface area contributed by atoms with E-state index in [1.807, 2.05) is 6.07 Å². The van der Waals surface area contributed by atoms with Gasteiger partial charge in [-0.15, -0.1) is 0 Å². The summed E-state index contributed by atoms with van der Waals surface area (Å²) in [5.74, 6) is 0.0844. The summed E-state index contributed by atoms with van der Waals surface area (Å²) in [6.07, 6.45) is 0. The van der Waals surface area contributed by atoms with Crippen LogP contribution in [-0.4, -0.2) is 12.1 Å². The van der Waals surface area contributed by atoms with Crippen LogP contribution in [0, 0.1) is 5.82 Å². The molecule has 0 bridgehead atoms. The molecule has 0 radical (unpaired) electrons. The van der Waals surface area contributed by atoms with Gasteiger partial charge in [0.25, 0.3) is 0 Å². The number of halogens is 2. The predicted octanol–water partition coefficient (Wildman–Crippen LogP) is 2.94. The molecule has 1 nitrogen and oxygen atoms in total. The SMILES string of the molecule is CC1(C)NCC1c1ccc(F)c(Cl)c1. The van der Waals surface area contributed by atoms with Gasteiger partial charge in [0.15, 0.2) is 0 Å². The summed E-state index contributed by atoms with van der Waals surface area (Å²) in [6.45, 7) is 5.21. The Balaban J connectivity index is 2.30. The maximum Gasteiger partial charge on any atom is 0.141 e. The lowest BCUT2D eigenvalue weighted by Crippen LogP contribution is -2.59. The molecule has 1 aromatic carbocycles. The summed E-state index contributed by atoms with van der Waals surface area (Å²) in [5, 5.41) is 3.54. The maximum absolute atomic E-state index is 12.9. The summed E-state index contributed by atoms with van der Waals surface area (Å²) in [6, 6.07) is 4.98. The Labute approximate surface area is 88.3 Å². The fourth-order valence-corrected chi connectivity index (χ4v) is 2.07. The predicted molar refractivity (Wildman–Crippen MR) is 56.2 cm³/mol. The van der Waals surface area contributed by atoms with Crippen LogP contribution in [0.1, 0.15) is 25.3 Å². The Hall–Kier alpha value is -0.600. The number of nitrogens with one attached hydrogen (secondary N) is 1. The number of hydrogen-bond acceptors (Lipinski definition) is 1. The highest BCUT2D eigenvalue weighted by atomic mass is 35.5. The lowest BCUT2D eigenvalue weighted by molar-refractivity contribution is 0.208. The minimum atomic E-state index is -0.347. The van der Waals surface area contributed by atoms with E-state index < -0.39 is 0 Å². The molecular formula is C11H13ClFN. The summed E-state index contributed by atoms with van der Waals surface area (Å²) < 4.78 is 12.9. The molecule has 2 rings (SSSR count). The molecule has 1 aliphatic heterocycles. The number of rotatable bonds is 1. The van der Waals surface area contributed by atoms with E-state index in [0.717, 1.165) is 12.1 Å². The van der Waals surface area contributed by atoms with Crippen molar-refractivity contribution in [3.63, 3.8) is 0 Å². The van der Waals surface area contributed by atoms with Gasteiger partial charge in [-0.25, -0.2) is 4.39 Å². The Morgan fingerprint density at radius 1 is 1.50 bits per heavy atom. The minimum Gasteiger partial charge on any atom is -0.310 e. The molecule has 1 fully saturated rings. The third-order valence-corrected chi connectivity index (χ3v) is 3.27. The van der Waals surface area contributed by atoms with Crippen molar-refractivity contribution in [3.05, 3.63) is 34.6 Å². The summed E-state index contributed by atoms with van der Waals surface area (Å²) in [4.78, 5) is 0. The van der Waals surface area contributed by atoms with Crippen molar-refractivity contribution >= 4 is 11.6 Å². The third-order valence-electron chi connectivity index (χ3n) is 2.98. The average molecular weight is 214 g/mol. The molecule has 76 valence electrons. The maximum atomic E-state index is 12.9. The molecule has 1 atom stereocenters. The molecule has 0 spiro atoms. The van der Waals surface area contributed by atoms with Gasteiger partial charge in [0.1, 0.15) is 5.82 Å². The highest BCUT2D eigenvalue weighted by molar-refractivity contribution is 6.30. The van der Waals surface area contributed by atoms with Crippen LogP contribution < -0.4 is 5.32 Å². The van der Waals surface area contributed by atoms with Crippen molar-refractivity contribution in [1.29, 1.82) is 0 Å². The Kier molecular flexibility index (Phi) is 2.28. The average Bonchev–Trinajstić information content (AvgIpc) is 2.10. The van der Waals surface area contributed by atoms with Crippen molar-refractivity contribution < 1.29 is 4.39 Å². The van der Waals surface area contributed by atoms with Crippen LogP contribution in [0.2, 0.25) is 5.02 Å². The van der Waals surface area contributed by atoms with Crippen LogP contribution in [0.5, 0.6) is 0 Å². The third kappa shape index (κ3) is 1.53. The molecule has 0 amide bonds. The van der Waals surface area contributed by atoms with Gasteiger partial charge in [-0.2, -0.15) is 0 Å². The summed E-state index contributed by atoms with van der Waals surface area (Å²) in [7, 11) is 0. The molecule has 1 unspecified atom stereocenters. The van der Waals surface area contributed by atoms with Crippen LogP contribution in [-0.2, 0) is 0 Å². The van der Waals surface area contributed by atoms with Gasteiger partial charge in [-0.3, -0.25) is 0 Å². The fourth-order valence-electron chi connectivity index (χ4n) is 1.88. The standard InChI is InChI=1S/C11H13ClFN/c1-11(2)8(6-14-11)7-3-4-10(13)9(12)5-7/h3-5,8,14H,6H2,1-2H3. The van der Waals surface area contributed by atoms with Crippen molar-refractivity contribution in [2.24, 2.45) is 0 Å². The molecule has 1 N–H and O–H groups in total. The molecule has 0 aliphatic carbocycles. The van der Waals surface area contributed by atoms with Crippen LogP contribution in [0.15, 0.2) is 18.2 Å². The van der Waals surface area contributed by atoms with E-state index >= 15 is 0 Å². The zero-order valence-corrected chi connectivity index (χ0v) is 9.03. The van der Waals surface area contributed by atoms with Gasteiger partial charge >= 0.3 is 0 Å². The zero-order valence-electron chi connectivity index (χ0n) is 8.27. The van der Waals surface area contributed by atoms with E-state index in [2.05, 4.69) is 19.2 Å². The molecule has 14 heavy (non-hydrogen) atoms. The molecule has 1 heterocycles. The molecule has 1 saturated heterocycles. The van der Waals surface area contributed by atoms with E-state index in [1.165, 1.54) is 6.07 Å². The van der Waals surface area contributed by atoms with Crippen LogP contribution >= 0.6 is 11.6 Å². The Morgan fingerprint density at radius 2 is 2.21 bits per heavy atom. The molecule has 3 heteroatoms. The number of hydrogen-bond donors (Lipinski definition) is 1. The monoisotopic (exact) mass is 213 g/mol.